The maximum absolute atomic E-state index is 13.0. The van der Waals surface area contributed by atoms with Crippen molar-refractivity contribution in [2.75, 3.05) is 65.6 Å². The molecule has 7 nitrogen and oxygen atoms in total. The Balaban J connectivity index is 1.36. The van der Waals surface area contributed by atoms with E-state index in [4.69, 9.17) is 21.1 Å². The van der Waals surface area contributed by atoms with Crippen molar-refractivity contribution in [3.63, 3.8) is 0 Å². The molecule has 2 aliphatic rings. The van der Waals surface area contributed by atoms with Crippen molar-refractivity contribution in [2.24, 2.45) is 0 Å². The zero-order chi connectivity index (χ0) is 19.9. The van der Waals surface area contributed by atoms with Crippen LogP contribution in [0.15, 0.2) is 18.2 Å². The molecule has 0 unspecified atom stereocenters. The van der Waals surface area contributed by atoms with Crippen LogP contribution in [-0.2, 0) is 14.3 Å². The topological polar surface area (TPSA) is 62.3 Å². The molecule has 1 aromatic carbocycles. The molecule has 9 heteroatoms. The first-order valence-electron chi connectivity index (χ1n) is 9.46. The van der Waals surface area contributed by atoms with Gasteiger partial charge >= 0.3 is 0 Å². The summed E-state index contributed by atoms with van der Waals surface area (Å²) in [5.74, 6) is -0.00865. The fourth-order valence-electron chi connectivity index (χ4n) is 3.25. The lowest BCUT2D eigenvalue weighted by Gasteiger charge is -2.36. The molecule has 2 fully saturated rings. The van der Waals surface area contributed by atoms with E-state index in [0.29, 0.717) is 51.7 Å². The fourth-order valence-corrected chi connectivity index (χ4v) is 3.48. The summed E-state index contributed by atoms with van der Waals surface area (Å²) in [6.07, 6.45) is 0.204. The van der Waals surface area contributed by atoms with Gasteiger partial charge in [0.1, 0.15) is 11.6 Å². The Labute approximate surface area is 168 Å². The zero-order valence-electron chi connectivity index (χ0n) is 15.7. The molecule has 3 rings (SSSR count). The Kier molecular flexibility index (Phi) is 7.47. The second kappa shape index (κ2) is 10.0. The van der Waals surface area contributed by atoms with Crippen LogP contribution in [0.3, 0.4) is 0 Å². The number of hydrogen-bond acceptors (Lipinski definition) is 5. The number of ether oxygens (including phenoxy) is 2. The number of amides is 2. The van der Waals surface area contributed by atoms with Crippen molar-refractivity contribution in [1.29, 1.82) is 0 Å². The molecule has 2 saturated heterocycles. The second-order valence-corrected chi connectivity index (χ2v) is 7.23. The highest BCUT2D eigenvalue weighted by Gasteiger charge is 2.25. The minimum Gasteiger partial charge on any atom is -0.491 e. The number of morpholine rings is 1. The van der Waals surface area contributed by atoms with Crippen LogP contribution in [-0.4, -0.2) is 92.1 Å². The Hall–Kier alpha value is -1.90. The first-order valence-corrected chi connectivity index (χ1v) is 9.84. The first-order chi connectivity index (χ1) is 13.5. The molecule has 0 atom stereocenters. The molecule has 0 saturated carbocycles. The molecular weight excluding hydrogens is 389 g/mol. The summed E-state index contributed by atoms with van der Waals surface area (Å²) in [5.41, 5.74) is 0. The molecule has 0 radical (unpaired) electrons. The Morgan fingerprint density at radius 1 is 1.04 bits per heavy atom. The van der Waals surface area contributed by atoms with Gasteiger partial charge in [0.25, 0.3) is 0 Å². The monoisotopic (exact) mass is 413 g/mol. The lowest BCUT2D eigenvalue weighted by atomic mass is 10.2. The maximum Gasteiger partial charge on any atom is 0.236 e. The summed E-state index contributed by atoms with van der Waals surface area (Å²) in [7, 11) is 0. The lowest BCUT2D eigenvalue weighted by Crippen LogP contribution is -2.53. The van der Waals surface area contributed by atoms with Gasteiger partial charge in [0.15, 0.2) is 0 Å². The number of nitrogens with zero attached hydrogens (tertiary/aromatic N) is 3. The first kappa shape index (κ1) is 20.8. The Morgan fingerprint density at radius 3 is 2.32 bits per heavy atom. The fraction of sp³-hybridized carbons (Fsp3) is 0.579. The smallest absolute Gasteiger partial charge is 0.236 e. The highest BCUT2D eigenvalue weighted by atomic mass is 35.5. The van der Waals surface area contributed by atoms with Gasteiger partial charge < -0.3 is 19.3 Å². The Bertz CT molecular complexity index is 692. The van der Waals surface area contributed by atoms with Crippen LogP contribution in [0.5, 0.6) is 5.75 Å². The number of halogens is 2. The van der Waals surface area contributed by atoms with E-state index in [9.17, 15) is 14.0 Å². The summed E-state index contributed by atoms with van der Waals surface area (Å²) in [4.78, 5) is 30.4. The molecule has 1 aromatic rings. The van der Waals surface area contributed by atoms with E-state index in [1.165, 1.54) is 18.2 Å². The molecular formula is C19H25ClFN3O4. The van der Waals surface area contributed by atoms with Crippen LogP contribution in [0.4, 0.5) is 4.39 Å². The molecule has 0 bridgehead atoms. The normalized spacial score (nSPS) is 18.2. The number of carbonyl (C=O) groups is 2. The van der Waals surface area contributed by atoms with Crippen molar-refractivity contribution < 1.29 is 23.5 Å². The van der Waals surface area contributed by atoms with Crippen molar-refractivity contribution in [3.8, 4) is 5.75 Å². The van der Waals surface area contributed by atoms with Gasteiger partial charge in [-0.05, 0) is 18.2 Å². The van der Waals surface area contributed by atoms with E-state index in [-0.39, 0.29) is 29.9 Å². The van der Waals surface area contributed by atoms with E-state index in [0.717, 1.165) is 13.1 Å². The van der Waals surface area contributed by atoms with E-state index in [1.807, 2.05) is 4.90 Å². The van der Waals surface area contributed by atoms with Crippen LogP contribution in [0.1, 0.15) is 6.42 Å². The standard InChI is InChI=1S/C19H25ClFN3O4/c20-16-13-15(21)1-2-17(16)28-10-3-18(25)23-4-6-24(7-5-23)19(26)14-22-8-11-27-12-9-22/h1-2,13H,3-12,14H2. The van der Waals surface area contributed by atoms with E-state index < -0.39 is 5.82 Å². The van der Waals surface area contributed by atoms with E-state index >= 15 is 0 Å². The van der Waals surface area contributed by atoms with Gasteiger partial charge in [0.05, 0.1) is 37.8 Å². The van der Waals surface area contributed by atoms with Gasteiger partial charge in [-0.15, -0.1) is 0 Å². The number of piperazine rings is 1. The summed E-state index contributed by atoms with van der Waals surface area (Å²) in [6.45, 7) is 5.59. The number of carbonyl (C=O) groups excluding carboxylic acids is 2. The van der Waals surface area contributed by atoms with Crippen LogP contribution in [0.2, 0.25) is 5.02 Å². The van der Waals surface area contributed by atoms with Crippen molar-refractivity contribution in [2.45, 2.75) is 6.42 Å². The SMILES string of the molecule is O=C(CCOc1ccc(F)cc1Cl)N1CCN(C(=O)CN2CCOCC2)CC1. The van der Waals surface area contributed by atoms with Gasteiger partial charge in [-0.3, -0.25) is 14.5 Å². The highest BCUT2D eigenvalue weighted by Crippen LogP contribution is 2.24. The van der Waals surface area contributed by atoms with Gasteiger partial charge in [0.2, 0.25) is 11.8 Å². The van der Waals surface area contributed by atoms with Crippen LogP contribution < -0.4 is 4.74 Å². The van der Waals surface area contributed by atoms with Crippen molar-refractivity contribution in [1.82, 2.24) is 14.7 Å². The summed E-state index contributed by atoms with van der Waals surface area (Å²) < 4.78 is 23.8. The molecule has 154 valence electrons. The predicted molar refractivity (Wildman–Crippen MR) is 102 cm³/mol. The average Bonchev–Trinajstić information content (AvgIpc) is 2.70. The molecule has 2 amide bonds. The summed E-state index contributed by atoms with van der Waals surface area (Å²) in [5, 5.41) is 0.180. The molecule has 2 heterocycles. The van der Waals surface area contributed by atoms with E-state index in [1.54, 1.807) is 4.90 Å². The predicted octanol–water partition coefficient (Wildman–Crippen LogP) is 1.25. The molecule has 28 heavy (non-hydrogen) atoms. The van der Waals surface area contributed by atoms with Crippen molar-refractivity contribution in [3.05, 3.63) is 29.0 Å². The average molecular weight is 414 g/mol. The van der Waals surface area contributed by atoms with Crippen molar-refractivity contribution >= 4 is 23.4 Å². The molecule has 0 aliphatic carbocycles. The molecule has 0 N–H and O–H groups in total. The van der Waals surface area contributed by atoms with Gasteiger partial charge in [-0.1, -0.05) is 11.6 Å². The zero-order valence-corrected chi connectivity index (χ0v) is 16.5. The Morgan fingerprint density at radius 2 is 1.68 bits per heavy atom. The van der Waals surface area contributed by atoms with Gasteiger partial charge in [0, 0.05) is 39.3 Å². The number of hydrogen-bond donors (Lipinski definition) is 0. The quantitative estimate of drug-likeness (QED) is 0.702. The van der Waals surface area contributed by atoms with E-state index in [2.05, 4.69) is 4.90 Å². The van der Waals surface area contributed by atoms with Crippen LogP contribution in [0, 0.1) is 5.82 Å². The minimum atomic E-state index is -0.436. The van der Waals surface area contributed by atoms with Crippen LogP contribution >= 0.6 is 11.6 Å². The third kappa shape index (κ3) is 5.80. The van der Waals surface area contributed by atoms with Crippen LogP contribution in [0.25, 0.3) is 0 Å². The lowest BCUT2D eigenvalue weighted by molar-refractivity contribution is -0.141. The minimum absolute atomic E-state index is 0.0292. The maximum atomic E-state index is 13.0. The van der Waals surface area contributed by atoms with Gasteiger partial charge in [-0.25, -0.2) is 4.39 Å². The third-order valence-corrected chi connectivity index (χ3v) is 5.21. The van der Waals surface area contributed by atoms with Gasteiger partial charge in [-0.2, -0.15) is 0 Å². The second-order valence-electron chi connectivity index (χ2n) is 6.82. The number of rotatable bonds is 6. The number of benzene rings is 1. The highest BCUT2D eigenvalue weighted by molar-refractivity contribution is 6.32. The third-order valence-electron chi connectivity index (χ3n) is 4.92. The largest absolute Gasteiger partial charge is 0.491 e. The molecule has 2 aliphatic heterocycles. The molecule has 0 spiro atoms. The summed E-state index contributed by atoms with van der Waals surface area (Å²) in [6, 6.07) is 3.88. The molecule has 0 aromatic heterocycles. The summed E-state index contributed by atoms with van der Waals surface area (Å²) >= 11 is 5.90.